The van der Waals surface area contributed by atoms with Crippen molar-refractivity contribution < 1.29 is 27.4 Å². The molecule has 1 aromatic heterocycles. The molecule has 9 heteroatoms. The summed E-state index contributed by atoms with van der Waals surface area (Å²) in [4.78, 5) is 14.8. The number of piperidine rings is 1. The van der Waals surface area contributed by atoms with Crippen molar-refractivity contribution >= 4 is 5.69 Å². The lowest BCUT2D eigenvalue weighted by atomic mass is 9.92. The highest BCUT2D eigenvalue weighted by Crippen LogP contribution is 2.38. The van der Waals surface area contributed by atoms with Gasteiger partial charge in [0.25, 0.3) is 0 Å². The lowest BCUT2D eigenvalue weighted by Gasteiger charge is -2.35. The van der Waals surface area contributed by atoms with Crippen molar-refractivity contribution in [2.24, 2.45) is 5.92 Å². The normalized spacial score (nSPS) is 21.2. The van der Waals surface area contributed by atoms with Gasteiger partial charge in [0.2, 0.25) is 0 Å². The fourth-order valence-corrected chi connectivity index (χ4v) is 5.14. The lowest BCUT2D eigenvalue weighted by molar-refractivity contribution is -0.179. The van der Waals surface area contributed by atoms with Crippen LogP contribution in [-0.2, 0) is 22.4 Å². The van der Waals surface area contributed by atoms with Crippen molar-refractivity contribution in [3.8, 4) is 17.1 Å². The highest BCUT2D eigenvalue weighted by Gasteiger charge is 2.41. The average Bonchev–Trinajstić information content (AvgIpc) is 2.84. The quantitative estimate of drug-likeness (QED) is 0.666. The fraction of sp³-hybridized carbons (Fsp3) is 0.560. The molecule has 0 spiro atoms. The minimum absolute atomic E-state index is 0.0896. The SMILES string of the molecule is Cc1c2n(c(OC[C@@H]3COCCO3)cc1=O)CCc1cc(N3CCC(C(F)(F)F)CC3)ccc1-2. The molecular weight excluding hydrogens is 449 g/mol. The maximum atomic E-state index is 13.0. The van der Waals surface area contributed by atoms with Gasteiger partial charge in [0.15, 0.2) is 11.3 Å². The molecule has 3 aliphatic heterocycles. The van der Waals surface area contributed by atoms with Gasteiger partial charge in [0, 0.05) is 42.5 Å². The first-order chi connectivity index (χ1) is 16.3. The van der Waals surface area contributed by atoms with Gasteiger partial charge in [-0.1, -0.05) is 6.07 Å². The molecule has 0 N–H and O–H groups in total. The van der Waals surface area contributed by atoms with Crippen molar-refractivity contribution in [2.75, 3.05) is 44.4 Å². The Kier molecular flexibility index (Phi) is 6.33. The number of hydrogen-bond acceptors (Lipinski definition) is 5. The largest absolute Gasteiger partial charge is 0.476 e. The maximum Gasteiger partial charge on any atom is 0.391 e. The number of fused-ring (bicyclic) bond motifs is 3. The number of pyridine rings is 1. The third kappa shape index (κ3) is 4.55. The third-order valence-corrected chi connectivity index (χ3v) is 7.09. The van der Waals surface area contributed by atoms with Crippen molar-refractivity contribution in [1.29, 1.82) is 0 Å². The predicted molar refractivity (Wildman–Crippen MR) is 122 cm³/mol. The van der Waals surface area contributed by atoms with E-state index in [-0.39, 0.29) is 24.4 Å². The van der Waals surface area contributed by atoms with Gasteiger partial charge in [-0.3, -0.25) is 4.79 Å². The van der Waals surface area contributed by atoms with Crippen LogP contribution in [0.25, 0.3) is 11.3 Å². The zero-order chi connectivity index (χ0) is 23.9. The molecule has 2 saturated heterocycles. The summed E-state index contributed by atoms with van der Waals surface area (Å²) in [6.07, 6.45) is -3.30. The van der Waals surface area contributed by atoms with Crippen molar-refractivity contribution in [2.45, 2.75) is 45.0 Å². The standard InChI is InChI=1S/C25H29F3N2O4/c1-16-22(31)13-23(34-15-20-14-32-10-11-33-20)30-9-4-17-12-19(2-3-21(17)24(16)30)29-7-5-18(6-8-29)25(26,27)28/h2-3,12-13,18,20H,4-11,14-15H2,1H3/t20-/m0/s1. The summed E-state index contributed by atoms with van der Waals surface area (Å²) in [5.41, 5.74) is 4.41. The van der Waals surface area contributed by atoms with E-state index in [2.05, 4.69) is 6.07 Å². The van der Waals surface area contributed by atoms with Gasteiger partial charge < -0.3 is 23.7 Å². The molecule has 5 rings (SSSR count). The summed E-state index contributed by atoms with van der Waals surface area (Å²) in [5.74, 6) is -0.699. The van der Waals surface area contributed by atoms with Gasteiger partial charge in [0.1, 0.15) is 12.7 Å². The molecule has 34 heavy (non-hydrogen) atoms. The second-order valence-electron chi connectivity index (χ2n) is 9.25. The first kappa shape index (κ1) is 23.2. The summed E-state index contributed by atoms with van der Waals surface area (Å²) in [5, 5.41) is 0. The summed E-state index contributed by atoms with van der Waals surface area (Å²) < 4.78 is 58.2. The van der Waals surface area contributed by atoms with Gasteiger partial charge in [0.05, 0.1) is 31.4 Å². The van der Waals surface area contributed by atoms with Crippen LogP contribution in [0.3, 0.4) is 0 Å². The summed E-state index contributed by atoms with van der Waals surface area (Å²) in [7, 11) is 0. The Labute approximate surface area is 196 Å². The predicted octanol–water partition coefficient (Wildman–Crippen LogP) is 3.95. The Morgan fingerprint density at radius 3 is 2.62 bits per heavy atom. The minimum atomic E-state index is -4.12. The summed E-state index contributed by atoms with van der Waals surface area (Å²) in [6, 6.07) is 7.54. The van der Waals surface area contributed by atoms with E-state index in [1.807, 2.05) is 28.5 Å². The highest BCUT2D eigenvalue weighted by atomic mass is 19.4. The van der Waals surface area contributed by atoms with Crippen LogP contribution in [0.2, 0.25) is 0 Å². The Balaban J connectivity index is 1.38. The van der Waals surface area contributed by atoms with E-state index in [1.165, 1.54) is 6.07 Å². The Hall–Kier alpha value is -2.52. The number of halogens is 3. The Morgan fingerprint density at radius 2 is 1.91 bits per heavy atom. The summed E-state index contributed by atoms with van der Waals surface area (Å²) in [6.45, 7) is 5.14. The van der Waals surface area contributed by atoms with E-state index in [4.69, 9.17) is 14.2 Å². The van der Waals surface area contributed by atoms with E-state index >= 15 is 0 Å². The number of aryl methyl sites for hydroxylation is 1. The van der Waals surface area contributed by atoms with Crippen LogP contribution < -0.4 is 15.1 Å². The topological polar surface area (TPSA) is 52.9 Å². The Morgan fingerprint density at radius 1 is 1.12 bits per heavy atom. The fourth-order valence-electron chi connectivity index (χ4n) is 5.14. The molecule has 4 heterocycles. The van der Waals surface area contributed by atoms with Gasteiger partial charge in [-0.25, -0.2) is 0 Å². The number of aromatic nitrogens is 1. The van der Waals surface area contributed by atoms with Crippen molar-refractivity contribution in [1.82, 2.24) is 4.57 Å². The van der Waals surface area contributed by atoms with E-state index < -0.39 is 12.1 Å². The molecule has 2 aromatic rings. The molecule has 0 radical (unpaired) electrons. The molecule has 1 atom stereocenters. The molecule has 1 aromatic carbocycles. The van der Waals surface area contributed by atoms with Crippen molar-refractivity contribution in [3.63, 3.8) is 0 Å². The molecule has 2 fully saturated rings. The molecule has 3 aliphatic rings. The van der Waals surface area contributed by atoms with Crippen LogP contribution >= 0.6 is 0 Å². The average molecular weight is 479 g/mol. The molecular formula is C25H29F3N2O4. The monoisotopic (exact) mass is 478 g/mol. The van der Waals surface area contributed by atoms with Gasteiger partial charge >= 0.3 is 6.18 Å². The van der Waals surface area contributed by atoms with Crippen LogP contribution in [0.1, 0.15) is 24.0 Å². The maximum absolute atomic E-state index is 13.0. The van der Waals surface area contributed by atoms with Crippen LogP contribution in [-0.4, -0.2) is 56.4 Å². The number of nitrogens with zero attached hydrogens (tertiary/aromatic N) is 2. The number of ether oxygens (including phenoxy) is 3. The Bertz CT molecular complexity index is 1100. The highest BCUT2D eigenvalue weighted by molar-refractivity contribution is 5.72. The first-order valence-electron chi connectivity index (χ1n) is 11.8. The van der Waals surface area contributed by atoms with E-state index in [0.717, 1.165) is 28.9 Å². The lowest BCUT2D eigenvalue weighted by Crippen LogP contribution is -2.39. The molecule has 6 nitrogen and oxygen atoms in total. The zero-order valence-corrected chi connectivity index (χ0v) is 19.2. The summed E-state index contributed by atoms with van der Waals surface area (Å²) >= 11 is 0. The van der Waals surface area contributed by atoms with Crippen molar-refractivity contribution in [3.05, 3.63) is 45.6 Å². The van der Waals surface area contributed by atoms with Crippen LogP contribution in [0.15, 0.2) is 29.1 Å². The van der Waals surface area contributed by atoms with Gasteiger partial charge in [-0.2, -0.15) is 13.2 Å². The van der Waals surface area contributed by atoms with Crippen LogP contribution in [0.5, 0.6) is 5.88 Å². The van der Waals surface area contributed by atoms with Crippen LogP contribution in [0, 0.1) is 12.8 Å². The molecule has 0 unspecified atom stereocenters. The second-order valence-corrected chi connectivity index (χ2v) is 9.25. The van der Waals surface area contributed by atoms with Crippen LogP contribution in [0.4, 0.5) is 18.9 Å². The van der Waals surface area contributed by atoms with Gasteiger partial charge in [-0.15, -0.1) is 0 Å². The number of alkyl halides is 3. The van der Waals surface area contributed by atoms with E-state index in [1.54, 1.807) is 0 Å². The number of benzene rings is 1. The minimum Gasteiger partial charge on any atom is -0.476 e. The van der Waals surface area contributed by atoms with E-state index in [9.17, 15) is 18.0 Å². The number of rotatable bonds is 4. The first-order valence-corrected chi connectivity index (χ1v) is 11.8. The van der Waals surface area contributed by atoms with Gasteiger partial charge in [-0.05, 0) is 43.9 Å². The molecule has 184 valence electrons. The third-order valence-electron chi connectivity index (χ3n) is 7.09. The van der Waals surface area contributed by atoms with E-state index in [0.29, 0.717) is 57.5 Å². The molecule has 0 bridgehead atoms. The number of hydrogen-bond donors (Lipinski definition) is 0. The molecule has 0 aliphatic carbocycles. The second kappa shape index (κ2) is 9.26. The molecule has 0 saturated carbocycles. The smallest absolute Gasteiger partial charge is 0.391 e. The molecule has 0 amide bonds. The zero-order valence-electron chi connectivity index (χ0n) is 19.2. The number of anilines is 1.